The maximum atomic E-state index is 11.4. The van der Waals surface area contributed by atoms with Crippen LogP contribution in [-0.4, -0.2) is 40.7 Å². The van der Waals surface area contributed by atoms with Crippen molar-refractivity contribution in [1.82, 2.24) is 5.32 Å². The summed E-state index contributed by atoms with van der Waals surface area (Å²) >= 11 is 0. The zero-order chi connectivity index (χ0) is 16.3. The molecule has 0 amide bonds. The Morgan fingerprint density at radius 2 is 1.73 bits per heavy atom. The van der Waals surface area contributed by atoms with Gasteiger partial charge in [0.1, 0.15) is 0 Å². The molecule has 2 aliphatic heterocycles. The molecule has 3 rings (SSSR count). The third-order valence-electron chi connectivity index (χ3n) is 4.18. The average molecular weight is 329 g/mol. The first kappa shape index (κ1) is 16.9. The summed E-state index contributed by atoms with van der Waals surface area (Å²) in [6.45, 7) is 0. The molecule has 0 aromatic heterocycles. The lowest BCUT2D eigenvalue weighted by Crippen LogP contribution is -2.46. The number of aliphatic carboxylic acids is 1. The van der Waals surface area contributed by atoms with Crippen LogP contribution >= 0.6 is 0 Å². The van der Waals surface area contributed by atoms with E-state index in [-0.39, 0.29) is 11.8 Å². The van der Waals surface area contributed by atoms with Gasteiger partial charge in [0.25, 0.3) is 0 Å². The molecule has 122 valence electrons. The Morgan fingerprint density at radius 1 is 1.14 bits per heavy atom. The van der Waals surface area contributed by atoms with Gasteiger partial charge >= 0.3 is 16.4 Å². The van der Waals surface area contributed by atoms with Crippen LogP contribution in [0.4, 0.5) is 0 Å². The molecule has 7 nitrogen and oxygen atoms in total. The minimum atomic E-state index is -4.67. The quantitative estimate of drug-likeness (QED) is 0.604. The van der Waals surface area contributed by atoms with Crippen molar-refractivity contribution in [2.24, 2.45) is 5.92 Å². The highest BCUT2D eigenvalue weighted by molar-refractivity contribution is 7.79. The van der Waals surface area contributed by atoms with E-state index in [9.17, 15) is 9.90 Å². The Bertz CT molecular complexity index is 609. The van der Waals surface area contributed by atoms with E-state index in [0.717, 1.165) is 24.8 Å². The van der Waals surface area contributed by atoms with Gasteiger partial charge in [-0.15, -0.1) is 0 Å². The molecule has 22 heavy (non-hydrogen) atoms. The van der Waals surface area contributed by atoms with Crippen LogP contribution in [0.25, 0.3) is 0 Å². The third kappa shape index (κ3) is 4.51. The van der Waals surface area contributed by atoms with E-state index in [1.54, 1.807) is 0 Å². The lowest BCUT2D eigenvalue weighted by atomic mass is 9.77. The first-order valence-corrected chi connectivity index (χ1v) is 8.39. The number of carbonyl (C=O) groups is 1. The van der Waals surface area contributed by atoms with Gasteiger partial charge in [0, 0.05) is 18.0 Å². The van der Waals surface area contributed by atoms with Crippen molar-refractivity contribution in [3.63, 3.8) is 0 Å². The van der Waals surface area contributed by atoms with Gasteiger partial charge < -0.3 is 10.4 Å². The molecule has 2 aliphatic rings. The van der Waals surface area contributed by atoms with E-state index >= 15 is 0 Å². The summed E-state index contributed by atoms with van der Waals surface area (Å²) in [4.78, 5) is 11.4. The topological polar surface area (TPSA) is 124 Å². The number of carboxylic acids is 1. The molecule has 0 spiro atoms. The molecular weight excluding hydrogens is 310 g/mol. The zero-order valence-corrected chi connectivity index (χ0v) is 12.6. The summed E-state index contributed by atoms with van der Waals surface area (Å²) in [5, 5.41) is 13.0. The van der Waals surface area contributed by atoms with Crippen LogP contribution in [0, 0.1) is 5.92 Å². The summed E-state index contributed by atoms with van der Waals surface area (Å²) in [7, 11) is -4.67. The van der Waals surface area contributed by atoms with Crippen LogP contribution < -0.4 is 5.32 Å². The lowest BCUT2D eigenvalue weighted by molar-refractivity contribution is -0.143. The molecule has 2 fully saturated rings. The maximum Gasteiger partial charge on any atom is 0.394 e. The molecule has 1 aromatic carbocycles. The monoisotopic (exact) mass is 329 g/mol. The second kappa shape index (κ2) is 6.74. The minimum absolute atomic E-state index is 0.132. The van der Waals surface area contributed by atoms with Crippen molar-refractivity contribution in [3.05, 3.63) is 35.9 Å². The van der Waals surface area contributed by atoms with E-state index in [0.29, 0.717) is 12.1 Å². The van der Waals surface area contributed by atoms with Crippen molar-refractivity contribution < 1.29 is 27.4 Å². The number of rotatable bonds is 2. The number of hydrogen-bond acceptors (Lipinski definition) is 4. The maximum absolute atomic E-state index is 11.4. The Balaban J connectivity index is 0.000000309. The first-order chi connectivity index (χ1) is 10.3. The number of carboxylic acid groups (broad SMARTS) is 1. The van der Waals surface area contributed by atoms with E-state index in [4.69, 9.17) is 17.5 Å². The van der Waals surface area contributed by atoms with Gasteiger partial charge in [-0.05, 0) is 24.8 Å². The molecule has 8 heteroatoms. The van der Waals surface area contributed by atoms with E-state index in [1.165, 1.54) is 0 Å². The molecule has 0 aliphatic carbocycles. The van der Waals surface area contributed by atoms with Crippen molar-refractivity contribution in [2.75, 3.05) is 0 Å². The fraction of sp³-hybridized carbons (Fsp3) is 0.500. The third-order valence-corrected chi connectivity index (χ3v) is 4.18. The van der Waals surface area contributed by atoms with E-state index in [2.05, 4.69) is 17.4 Å². The number of fused-ring (bicyclic) bond motifs is 2. The molecule has 0 saturated carbocycles. The first-order valence-electron chi connectivity index (χ1n) is 6.99. The minimum Gasteiger partial charge on any atom is -0.481 e. The second-order valence-corrected chi connectivity index (χ2v) is 6.51. The normalized spacial score (nSPS) is 30.3. The van der Waals surface area contributed by atoms with Crippen LogP contribution in [0.3, 0.4) is 0 Å². The van der Waals surface area contributed by atoms with Crippen molar-refractivity contribution in [2.45, 2.75) is 37.3 Å². The van der Waals surface area contributed by atoms with Crippen molar-refractivity contribution in [1.29, 1.82) is 0 Å². The van der Waals surface area contributed by atoms with Crippen LogP contribution in [0.2, 0.25) is 0 Å². The number of nitrogens with one attached hydrogen (secondary N) is 1. The van der Waals surface area contributed by atoms with Gasteiger partial charge in [0.05, 0.1) is 5.92 Å². The summed E-state index contributed by atoms with van der Waals surface area (Å²) in [6, 6.07) is 10.8. The molecule has 2 bridgehead atoms. The second-order valence-electron chi connectivity index (χ2n) is 5.61. The summed E-state index contributed by atoms with van der Waals surface area (Å²) in [5.41, 5.74) is 1.16. The van der Waals surface area contributed by atoms with Crippen molar-refractivity contribution >= 4 is 16.4 Å². The average Bonchev–Trinajstić information content (AvgIpc) is 2.79. The highest BCUT2D eigenvalue weighted by atomic mass is 32.3. The van der Waals surface area contributed by atoms with Gasteiger partial charge in [0.15, 0.2) is 0 Å². The standard InChI is InChI=1S/C14H17NO2.H2O4S/c16-14(17)11-8-10-6-7-12(15-10)13(11)9-4-2-1-3-5-9;1-5(2,3)4/h1-5,10-13,15H,6-8H2,(H,16,17);(H2,1,2,3,4). The number of benzene rings is 1. The Labute approximate surface area is 128 Å². The fourth-order valence-corrected chi connectivity index (χ4v) is 3.45. The number of hydrogen-bond donors (Lipinski definition) is 4. The summed E-state index contributed by atoms with van der Waals surface area (Å²) in [5.74, 6) is -0.735. The molecule has 0 radical (unpaired) electrons. The zero-order valence-electron chi connectivity index (χ0n) is 11.8. The molecule has 4 unspecified atom stereocenters. The Morgan fingerprint density at radius 3 is 2.27 bits per heavy atom. The Hall–Kier alpha value is -1.48. The van der Waals surface area contributed by atoms with Crippen molar-refractivity contribution in [3.8, 4) is 0 Å². The smallest absolute Gasteiger partial charge is 0.394 e. The molecule has 1 aromatic rings. The SMILES string of the molecule is O=C(O)C1CC2CCC(N2)C1c1ccccc1.O=S(=O)(O)O. The largest absolute Gasteiger partial charge is 0.481 e. The van der Waals surface area contributed by atoms with Crippen LogP contribution in [-0.2, 0) is 15.2 Å². The predicted octanol–water partition coefficient (Wildman–Crippen LogP) is 1.34. The highest BCUT2D eigenvalue weighted by Gasteiger charge is 2.45. The van der Waals surface area contributed by atoms with Crippen LogP contribution in [0.1, 0.15) is 30.7 Å². The van der Waals surface area contributed by atoms with E-state index in [1.807, 2.05) is 18.2 Å². The van der Waals surface area contributed by atoms with Crippen LogP contribution in [0.5, 0.6) is 0 Å². The number of piperidine rings is 1. The lowest BCUT2D eigenvalue weighted by Gasteiger charge is -2.35. The van der Waals surface area contributed by atoms with Gasteiger partial charge in [-0.1, -0.05) is 30.3 Å². The van der Waals surface area contributed by atoms with E-state index < -0.39 is 16.4 Å². The highest BCUT2D eigenvalue weighted by Crippen LogP contribution is 2.41. The van der Waals surface area contributed by atoms with Gasteiger partial charge in [-0.3, -0.25) is 13.9 Å². The summed E-state index contributed by atoms with van der Waals surface area (Å²) in [6.07, 6.45) is 3.00. The van der Waals surface area contributed by atoms with Gasteiger partial charge in [-0.25, -0.2) is 0 Å². The van der Waals surface area contributed by atoms with Gasteiger partial charge in [-0.2, -0.15) is 8.42 Å². The molecular formula is C14H19NO6S. The Kier molecular flexibility index (Phi) is 5.17. The molecule has 2 saturated heterocycles. The summed E-state index contributed by atoms with van der Waals surface area (Å²) < 4.78 is 31.6. The van der Waals surface area contributed by atoms with Crippen LogP contribution in [0.15, 0.2) is 30.3 Å². The van der Waals surface area contributed by atoms with Gasteiger partial charge in [0.2, 0.25) is 0 Å². The fourth-order valence-electron chi connectivity index (χ4n) is 3.45. The predicted molar refractivity (Wildman–Crippen MR) is 79.0 cm³/mol. The molecule has 2 heterocycles. The molecule has 4 N–H and O–H groups in total. The molecule has 4 atom stereocenters.